The fourth-order valence-corrected chi connectivity index (χ4v) is 9.84. The van der Waals surface area contributed by atoms with E-state index in [-0.39, 0.29) is 96.0 Å². The summed E-state index contributed by atoms with van der Waals surface area (Å²) in [5.74, 6) is -4.01. The van der Waals surface area contributed by atoms with Gasteiger partial charge in [-0.3, -0.25) is 48.7 Å². The number of amides is 4. The SMILES string of the molecule is COC(=O)c1ccc(CN2C(=O)c3ccc(Cl)cc3CC(=O)[C@H]2Cc2ccccn2)cc1NC(=O)c1ccccn1.O=C(Nc1cc(CN2C(=O)c3ccc(Cl)cc3CC(=O)[C@H]2Cc2ccccn2)ccc1C(=O)O)c1ccccn1. The van der Waals surface area contributed by atoms with Crippen molar-refractivity contribution in [2.75, 3.05) is 17.7 Å². The Morgan fingerprint density at radius 3 is 1.36 bits per heavy atom. The number of ether oxygens (including phenoxy) is 1. The highest BCUT2D eigenvalue weighted by Crippen LogP contribution is 2.31. The molecule has 4 aromatic heterocycles. The van der Waals surface area contributed by atoms with Crippen molar-refractivity contribution in [3.8, 4) is 0 Å². The van der Waals surface area contributed by atoms with Crippen molar-refractivity contribution in [1.82, 2.24) is 29.7 Å². The molecule has 0 bridgehead atoms. The first-order valence-electron chi connectivity index (χ1n) is 25.2. The molecule has 20 heteroatoms. The van der Waals surface area contributed by atoms with Crippen LogP contribution in [-0.4, -0.2) is 101 Å². The molecule has 3 N–H and O–H groups in total. The number of carbonyl (C=O) groups is 8. The maximum Gasteiger partial charge on any atom is 0.339 e. The second-order valence-electron chi connectivity index (χ2n) is 18.7. The molecule has 8 aromatic rings. The largest absolute Gasteiger partial charge is 0.478 e. The number of nitrogens with zero attached hydrogens (tertiary/aromatic N) is 6. The predicted octanol–water partition coefficient (Wildman–Crippen LogP) is 9.01. The summed E-state index contributed by atoms with van der Waals surface area (Å²) < 4.78 is 4.90. The van der Waals surface area contributed by atoms with Crippen LogP contribution in [0, 0.1) is 0 Å². The zero-order valence-electron chi connectivity index (χ0n) is 43.1. The minimum atomic E-state index is -1.23. The lowest BCUT2D eigenvalue weighted by atomic mass is 9.99. The first-order valence-corrected chi connectivity index (χ1v) is 26.0. The monoisotopic (exact) mass is 1120 g/mol. The summed E-state index contributed by atoms with van der Waals surface area (Å²) in [7, 11) is 1.24. The molecular formula is C61H48Cl2N8O10. The van der Waals surface area contributed by atoms with E-state index in [9.17, 15) is 43.5 Å². The lowest BCUT2D eigenvalue weighted by Crippen LogP contribution is -2.45. The number of ketones is 2. The Labute approximate surface area is 473 Å². The van der Waals surface area contributed by atoms with Gasteiger partial charge < -0.3 is 30.3 Å². The number of carboxylic acid groups (broad SMARTS) is 1. The third-order valence-electron chi connectivity index (χ3n) is 13.4. The number of carbonyl (C=O) groups excluding carboxylic acids is 7. The van der Waals surface area contributed by atoms with E-state index in [0.717, 1.165) is 0 Å². The number of benzene rings is 4. The second kappa shape index (κ2) is 25.3. The smallest absolute Gasteiger partial charge is 0.339 e. The van der Waals surface area contributed by atoms with E-state index < -0.39 is 35.8 Å². The van der Waals surface area contributed by atoms with Gasteiger partial charge in [-0.05, 0) is 131 Å². The van der Waals surface area contributed by atoms with Crippen LogP contribution in [0.1, 0.15) is 96.1 Å². The van der Waals surface area contributed by atoms with Gasteiger partial charge in [0, 0.05) is 96.1 Å². The molecule has 0 unspecified atom stereocenters. The number of aromatic carboxylic acids is 1. The summed E-state index contributed by atoms with van der Waals surface area (Å²) in [5, 5.41) is 15.9. The van der Waals surface area contributed by atoms with E-state index in [0.29, 0.717) is 54.8 Å². The highest BCUT2D eigenvalue weighted by Gasteiger charge is 2.38. The number of esters is 1. The van der Waals surface area contributed by atoms with E-state index in [1.165, 1.54) is 53.6 Å². The molecule has 2 atom stereocenters. The Kier molecular flexibility index (Phi) is 17.5. The van der Waals surface area contributed by atoms with Gasteiger partial charge in [-0.2, -0.15) is 0 Å². The van der Waals surface area contributed by atoms with Gasteiger partial charge >= 0.3 is 11.9 Å². The summed E-state index contributed by atoms with van der Waals surface area (Å²) in [6.45, 7) is 0.00848. The minimum Gasteiger partial charge on any atom is -0.478 e. The minimum absolute atomic E-state index is 0.0174. The van der Waals surface area contributed by atoms with Gasteiger partial charge in [-0.1, -0.05) is 59.6 Å². The van der Waals surface area contributed by atoms with Crippen LogP contribution in [0.15, 0.2) is 170 Å². The summed E-state index contributed by atoms with van der Waals surface area (Å²) >= 11 is 12.4. The van der Waals surface area contributed by atoms with Crippen LogP contribution in [0.5, 0.6) is 0 Å². The Bertz CT molecular complexity index is 3730. The van der Waals surface area contributed by atoms with Crippen molar-refractivity contribution in [3.05, 3.63) is 248 Å². The summed E-state index contributed by atoms with van der Waals surface area (Å²) in [6, 6.07) is 37.8. The molecule has 10 rings (SSSR count). The average molecular weight is 1120 g/mol. The molecule has 406 valence electrons. The maximum absolute atomic E-state index is 13.9. The molecule has 18 nitrogen and oxygen atoms in total. The highest BCUT2D eigenvalue weighted by molar-refractivity contribution is 6.31. The predicted molar refractivity (Wildman–Crippen MR) is 299 cm³/mol. The molecule has 2 aliphatic heterocycles. The molecule has 4 aromatic carbocycles. The molecule has 0 fully saturated rings. The first kappa shape index (κ1) is 56.0. The van der Waals surface area contributed by atoms with Crippen molar-refractivity contribution >= 4 is 81.7 Å². The summed E-state index contributed by atoms with van der Waals surface area (Å²) in [4.78, 5) is 125. The summed E-state index contributed by atoms with van der Waals surface area (Å²) in [6.07, 6.45) is 6.69. The molecule has 0 saturated carbocycles. The number of halogens is 2. The van der Waals surface area contributed by atoms with Gasteiger partial charge in [0.25, 0.3) is 23.6 Å². The molecular weight excluding hydrogens is 1080 g/mol. The number of carboxylic acids is 1. The van der Waals surface area contributed by atoms with Crippen molar-refractivity contribution < 1.29 is 48.2 Å². The number of hydrogen-bond donors (Lipinski definition) is 3. The maximum atomic E-state index is 13.9. The van der Waals surface area contributed by atoms with E-state index in [4.69, 9.17) is 27.9 Å². The highest BCUT2D eigenvalue weighted by atomic mass is 35.5. The van der Waals surface area contributed by atoms with Crippen LogP contribution in [0.2, 0.25) is 10.0 Å². The number of hydrogen-bond acceptors (Lipinski definition) is 13. The van der Waals surface area contributed by atoms with Crippen LogP contribution >= 0.6 is 23.2 Å². The molecule has 2 aliphatic rings. The number of fused-ring (bicyclic) bond motifs is 2. The fourth-order valence-electron chi connectivity index (χ4n) is 9.45. The average Bonchev–Trinajstić information content (AvgIpc) is 3.67. The third kappa shape index (κ3) is 13.4. The third-order valence-corrected chi connectivity index (χ3v) is 13.9. The molecule has 0 aliphatic carbocycles. The lowest BCUT2D eigenvalue weighted by Gasteiger charge is -2.29. The Hall–Kier alpha value is -9.78. The number of rotatable bonds is 14. The Balaban J connectivity index is 0.000000196. The number of nitrogens with one attached hydrogen (secondary N) is 2. The topological polar surface area (TPSA) is 248 Å². The van der Waals surface area contributed by atoms with Gasteiger partial charge in [0.05, 0.1) is 41.7 Å². The van der Waals surface area contributed by atoms with Crippen molar-refractivity contribution in [3.63, 3.8) is 0 Å². The Morgan fingerprint density at radius 2 is 0.963 bits per heavy atom. The van der Waals surface area contributed by atoms with E-state index in [2.05, 4.69) is 30.6 Å². The standard InChI is InChI=1S/C31H25ClN4O5.C30H23ClN4O5/c1-41-31(40)24-10-8-19(14-26(24)35-29(38)25-7-3-5-13-34-25)18-36-27(17-22-6-2-4-12-33-22)28(37)16-20-15-21(32)9-11-23(20)30(36)39;31-20-8-10-22-19(14-20)15-27(36)26(16-21-5-1-3-11-32-21)35(29(22)38)17-18-7-9-23(30(39)40)25(13-18)34-28(37)24-6-2-4-12-33-24/h2-15,27H,16-18H2,1H3,(H,35,38);1-14,26H,15-17H2,(H,34,37)(H,39,40)/t27-;26-/m11/s1. The number of aromatic nitrogens is 4. The van der Waals surface area contributed by atoms with Crippen LogP contribution < -0.4 is 10.6 Å². The van der Waals surface area contributed by atoms with Gasteiger partial charge in [-0.25, -0.2) is 9.59 Å². The zero-order chi connectivity index (χ0) is 57.2. The normalized spacial score (nSPS) is 14.8. The van der Waals surface area contributed by atoms with Crippen molar-refractivity contribution in [1.29, 1.82) is 0 Å². The number of anilines is 2. The second-order valence-corrected chi connectivity index (χ2v) is 19.6. The van der Waals surface area contributed by atoms with E-state index in [1.807, 2.05) is 12.1 Å². The van der Waals surface area contributed by atoms with Crippen LogP contribution in [0.25, 0.3) is 0 Å². The van der Waals surface area contributed by atoms with Gasteiger partial charge in [0.15, 0.2) is 11.6 Å². The van der Waals surface area contributed by atoms with Crippen LogP contribution in [0.4, 0.5) is 11.4 Å². The summed E-state index contributed by atoms with van der Waals surface area (Å²) in [5.41, 5.74) is 4.78. The lowest BCUT2D eigenvalue weighted by molar-refractivity contribution is -0.123. The molecule has 6 heterocycles. The molecule has 0 radical (unpaired) electrons. The van der Waals surface area contributed by atoms with Gasteiger partial charge in [-0.15, -0.1) is 0 Å². The first-order chi connectivity index (χ1) is 39.1. The molecule has 0 saturated heterocycles. The van der Waals surface area contributed by atoms with E-state index >= 15 is 0 Å². The van der Waals surface area contributed by atoms with Crippen LogP contribution in [0.3, 0.4) is 0 Å². The number of pyridine rings is 4. The Morgan fingerprint density at radius 1 is 0.543 bits per heavy atom. The van der Waals surface area contributed by atoms with Crippen molar-refractivity contribution in [2.24, 2.45) is 0 Å². The number of methoxy groups -OCH3 is 1. The molecule has 4 amide bonds. The number of Topliss-reactive ketones (excluding diaryl/α,β-unsaturated/α-hetero) is 2. The quantitative estimate of drug-likeness (QED) is 0.0860. The van der Waals surface area contributed by atoms with Crippen molar-refractivity contribution in [2.45, 2.75) is 50.9 Å². The van der Waals surface area contributed by atoms with Crippen LogP contribution in [-0.2, 0) is 53.1 Å². The molecule has 0 spiro atoms. The molecule has 81 heavy (non-hydrogen) atoms. The van der Waals surface area contributed by atoms with Gasteiger partial charge in [0.2, 0.25) is 0 Å². The van der Waals surface area contributed by atoms with Gasteiger partial charge in [0.1, 0.15) is 11.4 Å². The zero-order valence-corrected chi connectivity index (χ0v) is 44.6. The fraction of sp³-hybridized carbons (Fsp3) is 0.148. The van der Waals surface area contributed by atoms with E-state index in [1.54, 1.807) is 122 Å².